The summed E-state index contributed by atoms with van der Waals surface area (Å²) in [6.45, 7) is 10.1. The Labute approximate surface area is 116 Å². The van der Waals surface area contributed by atoms with Crippen LogP contribution in [0.1, 0.15) is 27.2 Å². The predicted molar refractivity (Wildman–Crippen MR) is 78.0 cm³/mol. The second-order valence-corrected chi connectivity index (χ2v) is 6.80. The molecule has 1 fully saturated rings. The number of hydrogen-bond acceptors (Lipinski definition) is 4. The van der Waals surface area contributed by atoms with Gasteiger partial charge in [-0.15, -0.1) is 0 Å². The fourth-order valence-electron chi connectivity index (χ4n) is 1.75. The van der Waals surface area contributed by atoms with E-state index < -0.39 is 15.1 Å². The van der Waals surface area contributed by atoms with Crippen LogP contribution in [0.2, 0.25) is 0 Å². The molecule has 1 aliphatic heterocycles. The van der Waals surface area contributed by atoms with Crippen molar-refractivity contribution in [1.82, 2.24) is 10.2 Å². The molecule has 0 aromatic carbocycles. The van der Waals surface area contributed by atoms with Crippen molar-refractivity contribution >= 4 is 27.7 Å². The van der Waals surface area contributed by atoms with Crippen LogP contribution in [-0.2, 0) is 9.84 Å². The molecule has 5 nitrogen and oxygen atoms in total. The summed E-state index contributed by atoms with van der Waals surface area (Å²) in [6.07, 6.45) is 0.509. The maximum Gasteiger partial charge on any atom is 0.276 e. The van der Waals surface area contributed by atoms with E-state index in [1.54, 1.807) is 0 Å². The van der Waals surface area contributed by atoms with Gasteiger partial charge < -0.3 is 10.2 Å². The number of sulfone groups is 1. The number of amides is 1. The fraction of sp³-hybridized carbons (Fsp3) is 0.909. The van der Waals surface area contributed by atoms with Crippen molar-refractivity contribution in [2.45, 2.75) is 33.2 Å². The van der Waals surface area contributed by atoms with Gasteiger partial charge in [0.2, 0.25) is 0 Å². The minimum atomic E-state index is -2.89. The molecule has 1 unspecified atom stereocenters. The van der Waals surface area contributed by atoms with Crippen molar-refractivity contribution in [2.24, 2.45) is 0 Å². The molecule has 1 aliphatic rings. The molecular formula is C11H24N2O3S2. The van der Waals surface area contributed by atoms with Crippen LogP contribution in [0.25, 0.3) is 0 Å². The van der Waals surface area contributed by atoms with Crippen molar-refractivity contribution in [2.75, 3.05) is 31.1 Å². The zero-order chi connectivity index (χ0) is 14.2. The summed E-state index contributed by atoms with van der Waals surface area (Å²) in [4.78, 5) is 12.7. The van der Waals surface area contributed by atoms with Gasteiger partial charge in [0.1, 0.15) is 0 Å². The van der Waals surface area contributed by atoms with E-state index in [1.807, 2.05) is 0 Å². The molecule has 1 saturated heterocycles. The first-order chi connectivity index (χ1) is 8.34. The normalized spacial score (nSPS) is 21.3. The number of carbonyl (C=O) groups excluding carboxylic acids is 1. The third kappa shape index (κ3) is 7.94. The Hall–Kier alpha value is -0.270. The molecule has 0 aliphatic carbocycles. The SMILES string of the molecule is CCN(CC)CC.O=C(S)NC1CCS(=O)(=O)C1. The summed E-state index contributed by atoms with van der Waals surface area (Å²) >= 11 is 3.49. The third-order valence-corrected chi connectivity index (χ3v) is 4.80. The van der Waals surface area contributed by atoms with Crippen LogP contribution in [0.5, 0.6) is 0 Å². The monoisotopic (exact) mass is 296 g/mol. The molecule has 0 saturated carbocycles. The molecule has 0 radical (unpaired) electrons. The lowest BCUT2D eigenvalue weighted by Crippen LogP contribution is -2.31. The maximum atomic E-state index is 10.8. The zero-order valence-electron chi connectivity index (χ0n) is 11.3. The van der Waals surface area contributed by atoms with E-state index in [4.69, 9.17) is 0 Å². The largest absolute Gasteiger partial charge is 0.343 e. The lowest BCUT2D eigenvalue weighted by atomic mass is 10.3. The van der Waals surface area contributed by atoms with Gasteiger partial charge in [-0.1, -0.05) is 33.4 Å². The van der Waals surface area contributed by atoms with E-state index in [0.29, 0.717) is 6.42 Å². The summed E-state index contributed by atoms with van der Waals surface area (Å²) in [7, 11) is -2.89. The molecule has 108 valence electrons. The first-order valence-electron chi connectivity index (χ1n) is 6.26. The molecule has 0 aromatic rings. The van der Waals surface area contributed by atoms with Crippen molar-refractivity contribution in [3.05, 3.63) is 0 Å². The first-order valence-corrected chi connectivity index (χ1v) is 8.53. The van der Waals surface area contributed by atoms with Gasteiger partial charge in [0, 0.05) is 6.04 Å². The Morgan fingerprint density at radius 2 is 1.78 bits per heavy atom. The molecule has 1 heterocycles. The molecule has 1 rings (SSSR count). The second kappa shape index (κ2) is 8.77. The topological polar surface area (TPSA) is 66.5 Å². The average molecular weight is 296 g/mol. The number of rotatable bonds is 4. The Kier molecular flexibility index (Phi) is 8.64. The van der Waals surface area contributed by atoms with E-state index in [2.05, 4.69) is 43.6 Å². The van der Waals surface area contributed by atoms with Gasteiger partial charge in [-0.05, 0) is 26.1 Å². The molecule has 1 atom stereocenters. The number of nitrogens with zero attached hydrogens (tertiary/aromatic N) is 1. The number of thiol groups is 1. The van der Waals surface area contributed by atoms with Crippen LogP contribution in [0.3, 0.4) is 0 Å². The summed E-state index contributed by atoms with van der Waals surface area (Å²) in [5, 5.41) is 1.98. The highest BCUT2D eigenvalue weighted by atomic mass is 32.2. The average Bonchev–Trinajstić information content (AvgIpc) is 2.60. The highest BCUT2D eigenvalue weighted by Crippen LogP contribution is 2.11. The van der Waals surface area contributed by atoms with Crippen LogP contribution in [-0.4, -0.2) is 55.7 Å². The molecule has 0 bridgehead atoms. The molecule has 0 spiro atoms. The van der Waals surface area contributed by atoms with Crippen molar-refractivity contribution < 1.29 is 13.2 Å². The van der Waals surface area contributed by atoms with Gasteiger partial charge in [0.05, 0.1) is 11.5 Å². The number of carbonyl (C=O) groups is 1. The van der Waals surface area contributed by atoms with E-state index in [1.165, 1.54) is 19.6 Å². The standard InChI is InChI=1S/C6H15N.C5H9NO3S2/c1-4-7(5-2)6-3;7-5(10)6-4-1-2-11(8,9)3-4/h4-6H2,1-3H3;4H,1-3H2,(H2,6,7,10). The minimum absolute atomic E-state index is 0.0549. The molecular weight excluding hydrogens is 272 g/mol. The van der Waals surface area contributed by atoms with Crippen LogP contribution in [0.15, 0.2) is 0 Å². The molecule has 7 heteroatoms. The van der Waals surface area contributed by atoms with Crippen LogP contribution >= 0.6 is 12.6 Å². The quantitative estimate of drug-likeness (QED) is 0.764. The highest BCUT2D eigenvalue weighted by Gasteiger charge is 2.28. The molecule has 1 amide bonds. The summed E-state index contributed by atoms with van der Waals surface area (Å²) in [6, 6.07) is -0.231. The molecule has 1 N–H and O–H groups in total. The van der Waals surface area contributed by atoms with Crippen molar-refractivity contribution in [3.8, 4) is 0 Å². The van der Waals surface area contributed by atoms with Gasteiger partial charge in [0.25, 0.3) is 5.24 Å². The lowest BCUT2D eigenvalue weighted by Gasteiger charge is -2.13. The van der Waals surface area contributed by atoms with Crippen molar-refractivity contribution in [3.63, 3.8) is 0 Å². The highest BCUT2D eigenvalue weighted by molar-refractivity contribution is 7.96. The summed E-state index contributed by atoms with van der Waals surface area (Å²) < 4.78 is 21.7. The fourth-order valence-corrected chi connectivity index (χ4v) is 3.61. The van der Waals surface area contributed by atoms with Gasteiger partial charge in [0.15, 0.2) is 9.84 Å². The number of nitrogens with one attached hydrogen (secondary N) is 1. The van der Waals surface area contributed by atoms with E-state index >= 15 is 0 Å². The van der Waals surface area contributed by atoms with Crippen molar-refractivity contribution in [1.29, 1.82) is 0 Å². The van der Waals surface area contributed by atoms with Gasteiger partial charge >= 0.3 is 0 Å². The van der Waals surface area contributed by atoms with E-state index in [9.17, 15) is 13.2 Å². The summed E-state index contributed by atoms with van der Waals surface area (Å²) in [5.41, 5.74) is 0. The van der Waals surface area contributed by atoms with Crippen LogP contribution in [0, 0.1) is 0 Å². The molecule has 18 heavy (non-hydrogen) atoms. The smallest absolute Gasteiger partial charge is 0.276 e. The van der Waals surface area contributed by atoms with E-state index in [-0.39, 0.29) is 17.5 Å². The third-order valence-electron chi connectivity index (χ3n) is 2.90. The van der Waals surface area contributed by atoms with Crippen LogP contribution < -0.4 is 5.32 Å². The second-order valence-electron chi connectivity index (χ2n) is 4.17. The van der Waals surface area contributed by atoms with Gasteiger partial charge in [-0.25, -0.2) is 8.42 Å². The van der Waals surface area contributed by atoms with E-state index in [0.717, 1.165) is 0 Å². The van der Waals surface area contributed by atoms with Crippen LogP contribution in [0.4, 0.5) is 4.79 Å². The zero-order valence-corrected chi connectivity index (χ0v) is 13.1. The van der Waals surface area contributed by atoms with Gasteiger partial charge in [-0.3, -0.25) is 4.79 Å². The minimum Gasteiger partial charge on any atom is -0.343 e. The van der Waals surface area contributed by atoms with Gasteiger partial charge in [-0.2, -0.15) is 0 Å². The lowest BCUT2D eigenvalue weighted by molar-refractivity contribution is 0.258. The Morgan fingerprint density at radius 3 is 2.00 bits per heavy atom. The summed E-state index contributed by atoms with van der Waals surface area (Å²) in [5.74, 6) is 0.227. The predicted octanol–water partition coefficient (Wildman–Crippen LogP) is 1.16. The number of hydrogen-bond donors (Lipinski definition) is 2. The Balaban J connectivity index is 0.000000360. The Morgan fingerprint density at radius 1 is 1.28 bits per heavy atom. The Bertz CT molecular complexity index is 335. The molecule has 0 aromatic heterocycles. The maximum absolute atomic E-state index is 10.8. The first kappa shape index (κ1) is 17.7.